The fourth-order valence-corrected chi connectivity index (χ4v) is 2.04. The van der Waals surface area contributed by atoms with Crippen LogP contribution in [0.5, 0.6) is 0 Å². The van der Waals surface area contributed by atoms with Crippen molar-refractivity contribution in [2.45, 2.75) is 13.5 Å². The average Bonchev–Trinajstić information content (AvgIpc) is 2.90. The van der Waals surface area contributed by atoms with Crippen molar-refractivity contribution in [1.29, 1.82) is 5.41 Å². The molecule has 0 bridgehead atoms. The van der Waals surface area contributed by atoms with Crippen LogP contribution in [0.4, 0.5) is 8.78 Å². The van der Waals surface area contributed by atoms with E-state index in [4.69, 9.17) is 21.0 Å². The maximum absolute atomic E-state index is 13.9. The van der Waals surface area contributed by atoms with Crippen molar-refractivity contribution in [1.82, 2.24) is 19.7 Å². The maximum Gasteiger partial charge on any atom is 0.300 e. The van der Waals surface area contributed by atoms with Gasteiger partial charge in [0.25, 0.3) is 5.97 Å². The molecule has 0 unspecified atom stereocenters. The first-order valence-electron chi connectivity index (χ1n) is 6.95. The predicted molar refractivity (Wildman–Crippen MR) is 85.1 cm³/mol. The third-order valence-electron chi connectivity index (χ3n) is 2.97. The van der Waals surface area contributed by atoms with Crippen LogP contribution in [-0.4, -0.2) is 36.7 Å². The van der Waals surface area contributed by atoms with Gasteiger partial charge in [0, 0.05) is 19.3 Å². The van der Waals surface area contributed by atoms with Crippen molar-refractivity contribution >= 4 is 22.8 Å². The topological polar surface area (TPSA) is 131 Å². The second-order valence-corrected chi connectivity index (χ2v) is 4.86. The van der Waals surface area contributed by atoms with Crippen LogP contribution in [-0.2, 0) is 11.3 Å². The first kappa shape index (κ1) is 17.9. The lowest BCUT2D eigenvalue weighted by Gasteiger charge is -2.03. The van der Waals surface area contributed by atoms with Crippen LogP contribution >= 0.6 is 0 Å². The first-order chi connectivity index (χ1) is 11.8. The van der Waals surface area contributed by atoms with Gasteiger partial charge in [-0.15, -0.1) is 0 Å². The third-order valence-corrected chi connectivity index (χ3v) is 2.97. The molecule has 25 heavy (non-hydrogen) atoms. The summed E-state index contributed by atoms with van der Waals surface area (Å²) in [7, 11) is 0. The fraction of sp³-hybridized carbons (Fsp3) is 0.133. The number of pyridine rings is 2. The number of aliphatic carboxylic acids is 1. The van der Waals surface area contributed by atoms with Crippen molar-refractivity contribution in [3.05, 3.63) is 53.6 Å². The fourth-order valence-electron chi connectivity index (χ4n) is 2.04. The van der Waals surface area contributed by atoms with Crippen LogP contribution in [0, 0.1) is 17.0 Å². The SMILES string of the molecule is CC(=O)O.N=C(N)c1nn(Cc2ncccc2F)c2nccc(F)c12. The Labute approximate surface area is 140 Å². The minimum absolute atomic E-state index is 0.0214. The lowest BCUT2D eigenvalue weighted by molar-refractivity contribution is -0.134. The zero-order valence-corrected chi connectivity index (χ0v) is 13.1. The summed E-state index contributed by atoms with van der Waals surface area (Å²) in [5.74, 6) is -2.30. The molecule has 8 nitrogen and oxygen atoms in total. The van der Waals surface area contributed by atoms with Gasteiger partial charge in [-0.2, -0.15) is 5.10 Å². The van der Waals surface area contributed by atoms with Gasteiger partial charge in [-0.25, -0.2) is 18.4 Å². The lowest BCUT2D eigenvalue weighted by atomic mass is 10.2. The Morgan fingerprint density at radius 3 is 2.56 bits per heavy atom. The number of nitrogen functional groups attached to an aromatic ring is 1. The largest absolute Gasteiger partial charge is 0.481 e. The van der Waals surface area contributed by atoms with Crippen LogP contribution in [0.2, 0.25) is 0 Å². The number of fused-ring (bicyclic) bond motifs is 1. The van der Waals surface area contributed by atoms with Crippen LogP contribution in [0.3, 0.4) is 0 Å². The van der Waals surface area contributed by atoms with E-state index in [2.05, 4.69) is 15.1 Å². The first-order valence-corrected chi connectivity index (χ1v) is 6.95. The van der Waals surface area contributed by atoms with E-state index in [1.165, 1.54) is 29.2 Å². The molecular formula is C15H14F2N6O2. The molecule has 3 aromatic heterocycles. The number of aromatic nitrogens is 4. The van der Waals surface area contributed by atoms with E-state index >= 15 is 0 Å². The molecule has 130 valence electrons. The number of rotatable bonds is 3. The molecule has 3 heterocycles. The van der Waals surface area contributed by atoms with Crippen LogP contribution in [0.25, 0.3) is 11.0 Å². The Hall–Kier alpha value is -3.43. The van der Waals surface area contributed by atoms with E-state index in [9.17, 15) is 8.78 Å². The normalized spacial score (nSPS) is 10.2. The Balaban J connectivity index is 0.000000511. The van der Waals surface area contributed by atoms with Gasteiger partial charge in [0.05, 0.1) is 17.6 Å². The summed E-state index contributed by atoms with van der Waals surface area (Å²) < 4.78 is 28.8. The molecule has 0 spiro atoms. The van der Waals surface area contributed by atoms with Crippen molar-refractivity contribution in [3.8, 4) is 0 Å². The molecule has 0 fully saturated rings. The molecule has 0 atom stereocenters. The number of nitrogens with two attached hydrogens (primary N) is 1. The number of hydrogen-bond acceptors (Lipinski definition) is 5. The summed E-state index contributed by atoms with van der Waals surface area (Å²) in [6.45, 7) is 1.05. The van der Waals surface area contributed by atoms with Gasteiger partial charge in [-0.05, 0) is 18.2 Å². The number of nitrogens with one attached hydrogen (secondary N) is 1. The van der Waals surface area contributed by atoms with Gasteiger partial charge in [-0.1, -0.05) is 0 Å². The zero-order valence-electron chi connectivity index (χ0n) is 13.1. The van der Waals surface area contributed by atoms with Gasteiger partial charge < -0.3 is 10.8 Å². The number of amidine groups is 1. The average molecular weight is 348 g/mol. The molecule has 0 aliphatic rings. The molecule has 0 aliphatic carbocycles. The Kier molecular flexibility index (Phi) is 5.32. The number of carboxylic acids is 1. The molecule has 0 amide bonds. The van der Waals surface area contributed by atoms with E-state index < -0.39 is 17.6 Å². The van der Waals surface area contributed by atoms with Crippen molar-refractivity contribution in [3.63, 3.8) is 0 Å². The Morgan fingerprint density at radius 2 is 1.96 bits per heavy atom. The van der Waals surface area contributed by atoms with Gasteiger partial charge in [-0.3, -0.25) is 15.2 Å². The number of hydrogen-bond donors (Lipinski definition) is 3. The molecule has 3 aromatic rings. The smallest absolute Gasteiger partial charge is 0.300 e. The van der Waals surface area contributed by atoms with E-state index in [0.717, 1.165) is 13.0 Å². The summed E-state index contributed by atoms with van der Waals surface area (Å²) in [6.07, 6.45) is 2.72. The van der Waals surface area contributed by atoms with Crippen molar-refractivity contribution < 1.29 is 18.7 Å². The number of halogens is 2. The lowest BCUT2D eigenvalue weighted by Crippen LogP contribution is -2.14. The minimum Gasteiger partial charge on any atom is -0.481 e. The molecule has 3 rings (SSSR count). The van der Waals surface area contributed by atoms with E-state index in [1.807, 2.05) is 0 Å². The number of nitrogens with zero attached hydrogens (tertiary/aromatic N) is 4. The monoisotopic (exact) mass is 348 g/mol. The molecule has 10 heteroatoms. The Bertz CT molecular complexity index is 937. The summed E-state index contributed by atoms with van der Waals surface area (Å²) >= 11 is 0. The second kappa shape index (κ2) is 7.43. The van der Waals surface area contributed by atoms with Gasteiger partial charge >= 0.3 is 0 Å². The molecule has 0 aromatic carbocycles. The van der Waals surface area contributed by atoms with Gasteiger partial charge in [0.2, 0.25) is 0 Å². The highest BCUT2D eigenvalue weighted by molar-refractivity contribution is 6.04. The molecule has 4 N–H and O–H groups in total. The quantitative estimate of drug-likeness (QED) is 0.486. The highest BCUT2D eigenvalue weighted by Crippen LogP contribution is 2.20. The standard InChI is InChI=1S/C13H10F2N6.C2H4O2/c14-7-2-1-4-18-9(7)6-21-13-10(8(15)3-5-19-13)11(20-21)12(16)17;1-2(3)4/h1-5H,6H2,(H3,16,17);1H3,(H,3,4). The van der Waals surface area contributed by atoms with Crippen molar-refractivity contribution in [2.75, 3.05) is 0 Å². The molecular weight excluding hydrogens is 334 g/mol. The molecule has 0 saturated carbocycles. The summed E-state index contributed by atoms with van der Waals surface area (Å²) in [4.78, 5) is 16.9. The van der Waals surface area contributed by atoms with Crippen LogP contribution in [0.15, 0.2) is 30.6 Å². The van der Waals surface area contributed by atoms with Crippen molar-refractivity contribution in [2.24, 2.45) is 5.73 Å². The minimum atomic E-state index is -0.833. The zero-order chi connectivity index (χ0) is 18.6. The second-order valence-electron chi connectivity index (χ2n) is 4.86. The predicted octanol–water partition coefficient (Wildman–Crippen LogP) is 1.53. The summed E-state index contributed by atoms with van der Waals surface area (Å²) in [6, 6.07) is 3.90. The van der Waals surface area contributed by atoms with Gasteiger partial charge in [0.1, 0.15) is 23.2 Å². The molecule has 0 saturated heterocycles. The summed E-state index contributed by atoms with van der Waals surface area (Å²) in [5.41, 5.74) is 5.71. The summed E-state index contributed by atoms with van der Waals surface area (Å²) in [5, 5.41) is 19.0. The van der Waals surface area contributed by atoms with E-state index in [1.54, 1.807) is 0 Å². The number of carboxylic acid groups (broad SMARTS) is 1. The van der Waals surface area contributed by atoms with Crippen LogP contribution < -0.4 is 5.73 Å². The molecule has 0 aliphatic heterocycles. The van der Waals surface area contributed by atoms with E-state index in [-0.39, 0.29) is 34.8 Å². The van der Waals surface area contributed by atoms with Crippen LogP contribution in [0.1, 0.15) is 18.3 Å². The third kappa shape index (κ3) is 4.10. The maximum atomic E-state index is 13.9. The highest BCUT2D eigenvalue weighted by Gasteiger charge is 2.18. The Morgan fingerprint density at radius 1 is 1.28 bits per heavy atom. The van der Waals surface area contributed by atoms with Gasteiger partial charge in [0.15, 0.2) is 5.65 Å². The van der Waals surface area contributed by atoms with E-state index in [0.29, 0.717) is 0 Å². The highest BCUT2D eigenvalue weighted by atomic mass is 19.1. The number of carbonyl (C=O) groups is 1. The molecule has 0 radical (unpaired) electrons.